The van der Waals surface area contributed by atoms with Crippen molar-refractivity contribution in [2.45, 2.75) is 6.92 Å². The van der Waals surface area contributed by atoms with E-state index >= 15 is 0 Å². The van der Waals surface area contributed by atoms with Crippen molar-refractivity contribution in [2.75, 3.05) is 13.4 Å². The van der Waals surface area contributed by atoms with Gasteiger partial charge in [-0.3, -0.25) is 4.79 Å². The summed E-state index contributed by atoms with van der Waals surface area (Å²) in [7, 11) is 0. The van der Waals surface area contributed by atoms with Gasteiger partial charge in [-0.2, -0.15) is 0 Å². The van der Waals surface area contributed by atoms with Crippen LogP contribution in [0.4, 0.5) is 0 Å². The Labute approximate surface area is 82.1 Å². The molecule has 0 aliphatic rings. The number of ether oxygens (including phenoxy) is 2. The predicted octanol–water partition coefficient (Wildman–Crippen LogP) is 1.58. The highest BCUT2D eigenvalue weighted by Crippen LogP contribution is 2.21. The van der Waals surface area contributed by atoms with Crippen molar-refractivity contribution >= 4 is 6.29 Å². The molecule has 4 nitrogen and oxygen atoms in total. The fraction of sp³-hybridized carbons (Fsp3) is 0.300. The number of aldehydes is 1. The van der Waals surface area contributed by atoms with E-state index in [0.29, 0.717) is 18.6 Å². The number of carbonyl (C=O) groups excluding carboxylic acids is 1. The van der Waals surface area contributed by atoms with Crippen LogP contribution in [0.3, 0.4) is 0 Å². The maximum absolute atomic E-state index is 10.4. The fourth-order valence-electron chi connectivity index (χ4n) is 0.906. The third-order valence-electron chi connectivity index (χ3n) is 1.64. The van der Waals surface area contributed by atoms with Crippen molar-refractivity contribution in [1.29, 1.82) is 0 Å². The van der Waals surface area contributed by atoms with Crippen molar-refractivity contribution in [3.8, 4) is 11.5 Å². The minimum absolute atomic E-state index is 0.0889. The Balaban J connectivity index is 2.62. The summed E-state index contributed by atoms with van der Waals surface area (Å²) in [5.74, 6) is 0.385. The number of rotatable bonds is 5. The van der Waals surface area contributed by atoms with E-state index in [1.807, 2.05) is 6.92 Å². The normalized spacial score (nSPS) is 9.79. The highest BCUT2D eigenvalue weighted by molar-refractivity contribution is 5.79. The minimum Gasteiger partial charge on any atom is -0.507 e. The maximum atomic E-state index is 10.4. The molecular formula is C10H12O4. The first-order chi connectivity index (χ1) is 6.77. The standard InChI is InChI=1S/C10H12O4/c1-2-13-7-14-9-4-3-8(6-11)10(12)5-9/h3-6,12H,2,7H2,1H3. The Bertz CT molecular complexity index is 309. The number of benzene rings is 1. The van der Waals surface area contributed by atoms with Crippen LogP contribution in [-0.2, 0) is 4.74 Å². The third-order valence-corrected chi connectivity index (χ3v) is 1.64. The van der Waals surface area contributed by atoms with Crippen LogP contribution < -0.4 is 4.74 Å². The Hall–Kier alpha value is -1.55. The van der Waals surface area contributed by atoms with Gasteiger partial charge in [-0.15, -0.1) is 0 Å². The number of aromatic hydroxyl groups is 1. The Kier molecular flexibility index (Phi) is 3.94. The zero-order valence-corrected chi connectivity index (χ0v) is 7.90. The average molecular weight is 196 g/mol. The molecular weight excluding hydrogens is 184 g/mol. The second kappa shape index (κ2) is 5.24. The maximum Gasteiger partial charge on any atom is 0.189 e. The zero-order valence-electron chi connectivity index (χ0n) is 7.90. The highest BCUT2D eigenvalue weighted by Gasteiger charge is 2.01. The summed E-state index contributed by atoms with van der Waals surface area (Å²) >= 11 is 0. The Morgan fingerprint density at radius 1 is 1.50 bits per heavy atom. The molecule has 0 amide bonds. The van der Waals surface area contributed by atoms with Gasteiger partial charge in [0, 0.05) is 12.7 Å². The van der Waals surface area contributed by atoms with Crippen LogP contribution in [0, 0.1) is 0 Å². The van der Waals surface area contributed by atoms with Crippen molar-refractivity contribution in [3.63, 3.8) is 0 Å². The summed E-state index contributed by atoms with van der Waals surface area (Å²) < 4.78 is 10.1. The van der Waals surface area contributed by atoms with Gasteiger partial charge in [0.25, 0.3) is 0 Å². The summed E-state index contributed by atoms with van der Waals surface area (Å²) in [6.45, 7) is 2.56. The van der Waals surface area contributed by atoms with E-state index in [1.54, 1.807) is 6.07 Å². The molecule has 4 heteroatoms. The molecule has 0 aliphatic carbocycles. The van der Waals surface area contributed by atoms with Gasteiger partial charge in [-0.1, -0.05) is 0 Å². The topological polar surface area (TPSA) is 55.8 Å². The molecule has 76 valence electrons. The Morgan fingerprint density at radius 2 is 2.29 bits per heavy atom. The SMILES string of the molecule is CCOCOc1ccc(C=O)c(O)c1. The first-order valence-electron chi connectivity index (χ1n) is 4.26. The van der Waals surface area contributed by atoms with E-state index in [2.05, 4.69) is 0 Å². The van der Waals surface area contributed by atoms with Gasteiger partial charge in [0.1, 0.15) is 11.5 Å². The van der Waals surface area contributed by atoms with Crippen LogP contribution in [-0.4, -0.2) is 24.8 Å². The van der Waals surface area contributed by atoms with Gasteiger partial charge >= 0.3 is 0 Å². The van der Waals surface area contributed by atoms with Crippen molar-refractivity contribution in [3.05, 3.63) is 23.8 Å². The highest BCUT2D eigenvalue weighted by atomic mass is 16.7. The Morgan fingerprint density at radius 3 is 2.86 bits per heavy atom. The molecule has 1 aromatic rings. The zero-order chi connectivity index (χ0) is 10.4. The quantitative estimate of drug-likeness (QED) is 0.441. The van der Waals surface area contributed by atoms with Crippen LogP contribution in [0.25, 0.3) is 0 Å². The summed E-state index contributed by atoms with van der Waals surface area (Å²) in [5, 5.41) is 9.30. The van der Waals surface area contributed by atoms with Gasteiger partial charge in [0.2, 0.25) is 0 Å². The molecule has 0 atom stereocenters. The largest absolute Gasteiger partial charge is 0.507 e. The van der Waals surface area contributed by atoms with Crippen LogP contribution in [0.5, 0.6) is 11.5 Å². The predicted molar refractivity (Wildman–Crippen MR) is 50.6 cm³/mol. The smallest absolute Gasteiger partial charge is 0.189 e. The van der Waals surface area contributed by atoms with Gasteiger partial charge in [0.15, 0.2) is 13.1 Å². The second-order valence-corrected chi connectivity index (χ2v) is 2.59. The molecule has 0 spiro atoms. The minimum atomic E-state index is -0.0889. The molecule has 14 heavy (non-hydrogen) atoms. The number of hydrogen-bond donors (Lipinski definition) is 1. The lowest BCUT2D eigenvalue weighted by molar-refractivity contribution is 0.0223. The molecule has 0 heterocycles. The summed E-state index contributed by atoms with van der Waals surface area (Å²) in [6.07, 6.45) is 0.585. The van der Waals surface area contributed by atoms with Gasteiger partial charge in [0.05, 0.1) is 5.56 Å². The monoisotopic (exact) mass is 196 g/mol. The van der Waals surface area contributed by atoms with E-state index in [0.717, 1.165) is 0 Å². The van der Waals surface area contributed by atoms with Crippen LogP contribution >= 0.6 is 0 Å². The summed E-state index contributed by atoms with van der Waals surface area (Å²) in [6, 6.07) is 4.47. The van der Waals surface area contributed by atoms with Crippen LogP contribution in [0.1, 0.15) is 17.3 Å². The first-order valence-corrected chi connectivity index (χ1v) is 4.26. The molecule has 1 rings (SSSR count). The van der Waals surface area contributed by atoms with Crippen LogP contribution in [0.15, 0.2) is 18.2 Å². The van der Waals surface area contributed by atoms with E-state index in [4.69, 9.17) is 9.47 Å². The summed E-state index contributed by atoms with van der Waals surface area (Å²) in [5.41, 5.74) is 0.244. The fourth-order valence-corrected chi connectivity index (χ4v) is 0.906. The van der Waals surface area contributed by atoms with Gasteiger partial charge in [-0.25, -0.2) is 0 Å². The molecule has 0 unspecified atom stereocenters. The van der Waals surface area contributed by atoms with Gasteiger partial charge < -0.3 is 14.6 Å². The molecule has 1 aromatic carbocycles. The molecule has 0 saturated heterocycles. The van der Waals surface area contributed by atoms with Crippen LogP contribution in [0.2, 0.25) is 0 Å². The molecule has 0 fully saturated rings. The third kappa shape index (κ3) is 2.74. The molecule has 0 radical (unpaired) electrons. The lowest BCUT2D eigenvalue weighted by atomic mass is 10.2. The first kappa shape index (κ1) is 10.5. The molecule has 0 aromatic heterocycles. The molecule has 1 N–H and O–H groups in total. The molecule has 0 aliphatic heterocycles. The lowest BCUT2D eigenvalue weighted by Gasteiger charge is -2.06. The molecule has 0 saturated carbocycles. The molecule has 0 bridgehead atoms. The lowest BCUT2D eigenvalue weighted by Crippen LogP contribution is -2.01. The van der Waals surface area contributed by atoms with Crippen molar-refractivity contribution in [1.82, 2.24) is 0 Å². The number of phenolic OH excluding ortho intramolecular Hbond substituents is 1. The summed E-state index contributed by atoms with van der Waals surface area (Å²) in [4.78, 5) is 10.4. The van der Waals surface area contributed by atoms with E-state index in [-0.39, 0.29) is 18.1 Å². The van der Waals surface area contributed by atoms with E-state index in [9.17, 15) is 9.90 Å². The second-order valence-electron chi connectivity index (χ2n) is 2.59. The van der Waals surface area contributed by atoms with E-state index < -0.39 is 0 Å². The average Bonchev–Trinajstić information content (AvgIpc) is 2.18. The van der Waals surface area contributed by atoms with E-state index in [1.165, 1.54) is 12.1 Å². The number of phenols is 1. The van der Waals surface area contributed by atoms with Gasteiger partial charge in [-0.05, 0) is 19.1 Å². The number of hydrogen-bond acceptors (Lipinski definition) is 4. The van der Waals surface area contributed by atoms with Crippen molar-refractivity contribution < 1.29 is 19.4 Å². The number of carbonyl (C=O) groups is 1. The van der Waals surface area contributed by atoms with Crippen molar-refractivity contribution in [2.24, 2.45) is 0 Å².